The van der Waals surface area contributed by atoms with E-state index in [4.69, 9.17) is 0 Å². The van der Waals surface area contributed by atoms with Crippen molar-refractivity contribution in [1.82, 2.24) is 20.4 Å². The fraction of sp³-hybridized carbons (Fsp3) is 1.00. The Hall–Kier alpha value is -0.160. The first-order chi connectivity index (χ1) is 9.48. The Labute approximate surface area is 123 Å². The van der Waals surface area contributed by atoms with Crippen LogP contribution in [-0.4, -0.2) is 71.2 Å². The smallest absolute Gasteiger partial charge is 0.0497 e. The summed E-state index contributed by atoms with van der Waals surface area (Å²) < 4.78 is 0. The van der Waals surface area contributed by atoms with Crippen LogP contribution in [-0.2, 0) is 0 Å². The first-order valence-electron chi connectivity index (χ1n) is 8.52. The van der Waals surface area contributed by atoms with Crippen LogP contribution in [0.1, 0.15) is 40.5 Å². The Morgan fingerprint density at radius 3 is 2.40 bits per heavy atom. The van der Waals surface area contributed by atoms with Gasteiger partial charge in [0.25, 0.3) is 0 Å². The summed E-state index contributed by atoms with van der Waals surface area (Å²) in [6.45, 7) is 13.1. The third kappa shape index (κ3) is 1.81. The van der Waals surface area contributed by atoms with Crippen molar-refractivity contribution in [3.05, 3.63) is 0 Å². The Morgan fingerprint density at radius 1 is 1.05 bits per heavy atom. The predicted molar refractivity (Wildman–Crippen MR) is 81.9 cm³/mol. The number of rotatable bonds is 3. The highest BCUT2D eigenvalue weighted by Gasteiger charge is 2.61. The summed E-state index contributed by atoms with van der Waals surface area (Å²) in [6.07, 6.45) is 2.74. The number of nitrogens with one attached hydrogen (secondary N) is 2. The fourth-order valence-corrected chi connectivity index (χ4v) is 5.29. The summed E-state index contributed by atoms with van der Waals surface area (Å²) in [5.41, 5.74) is 0.347. The second-order valence-electron chi connectivity index (χ2n) is 8.16. The Bertz CT molecular complexity index is 388. The summed E-state index contributed by atoms with van der Waals surface area (Å²) in [7, 11) is 0. The third-order valence-corrected chi connectivity index (χ3v) is 6.21. The molecule has 0 aliphatic carbocycles. The number of piperazine rings is 2. The van der Waals surface area contributed by atoms with Gasteiger partial charge in [-0.2, -0.15) is 0 Å². The minimum absolute atomic E-state index is 0.347. The van der Waals surface area contributed by atoms with E-state index in [0.717, 1.165) is 18.1 Å². The molecule has 5 fully saturated rings. The van der Waals surface area contributed by atoms with Gasteiger partial charge in [-0.15, -0.1) is 0 Å². The average molecular weight is 278 g/mol. The molecule has 5 heterocycles. The molecule has 2 N–H and O–H groups in total. The number of likely N-dealkylation sites (tertiary alicyclic amines) is 1. The molecule has 4 heteroatoms. The van der Waals surface area contributed by atoms with Crippen molar-refractivity contribution in [3.8, 4) is 0 Å². The first-order valence-corrected chi connectivity index (χ1v) is 8.52. The molecule has 5 atom stereocenters. The lowest BCUT2D eigenvalue weighted by molar-refractivity contribution is -0.0537. The topological polar surface area (TPSA) is 30.5 Å². The number of fused-ring (bicyclic) bond motifs is 4. The quantitative estimate of drug-likeness (QED) is 0.793. The van der Waals surface area contributed by atoms with Crippen molar-refractivity contribution in [3.63, 3.8) is 0 Å². The molecule has 114 valence electrons. The van der Waals surface area contributed by atoms with Gasteiger partial charge in [-0.05, 0) is 40.5 Å². The molecule has 0 saturated carbocycles. The highest BCUT2D eigenvalue weighted by molar-refractivity contribution is 5.23. The number of nitrogens with zero attached hydrogens (tertiary/aromatic N) is 2. The second kappa shape index (κ2) is 4.42. The maximum Gasteiger partial charge on any atom is 0.0497 e. The average Bonchev–Trinajstić information content (AvgIpc) is 2.97. The predicted octanol–water partition coefficient (Wildman–Crippen LogP) is 0.634. The van der Waals surface area contributed by atoms with Crippen LogP contribution in [0.4, 0.5) is 0 Å². The summed E-state index contributed by atoms with van der Waals surface area (Å²) in [5, 5.41) is 7.89. The molecule has 5 aliphatic heterocycles. The van der Waals surface area contributed by atoms with Crippen molar-refractivity contribution in [2.24, 2.45) is 0 Å². The number of hydrogen-bond acceptors (Lipinski definition) is 4. The van der Waals surface area contributed by atoms with Crippen molar-refractivity contribution in [1.29, 1.82) is 0 Å². The van der Waals surface area contributed by atoms with Gasteiger partial charge in [-0.1, -0.05) is 0 Å². The fourth-order valence-electron chi connectivity index (χ4n) is 5.29. The molecule has 0 radical (unpaired) electrons. The van der Waals surface area contributed by atoms with Gasteiger partial charge >= 0.3 is 0 Å². The standard InChI is InChI=1S/C16H30N4/c1-10(2)19-7-13-6-16(9-19,18-13)15-14-5-12(17-15)8-20(14)11(3)4/h10-15,17-18H,5-9H2,1-4H3. The molecular weight excluding hydrogens is 248 g/mol. The van der Waals surface area contributed by atoms with E-state index in [1.54, 1.807) is 0 Å². The van der Waals surface area contributed by atoms with E-state index in [-0.39, 0.29) is 0 Å². The minimum atomic E-state index is 0.347. The molecule has 0 aromatic carbocycles. The zero-order chi connectivity index (χ0) is 14.1. The van der Waals surface area contributed by atoms with Crippen LogP contribution in [0.5, 0.6) is 0 Å². The van der Waals surface area contributed by atoms with Gasteiger partial charge in [0.2, 0.25) is 0 Å². The molecule has 0 spiro atoms. The van der Waals surface area contributed by atoms with Crippen LogP contribution in [0, 0.1) is 0 Å². The van der Waals surface area contributed by atoms with Gasteiger partial charge in [0.1, 0.15) is 0 Å². The van der Waals surface area contributed by atoms with E-state index < -0.39 is 0 Å². The zero-order valence-corrected chi connectivity index (χ0v) is 13.4. The van der Waals surface area contributed by atoms with Crippen LogP contribution < -0.4 is 10.6 Å². The van der Waals surface area contributed by atoms with Crippen molar-refractivity contribution in [2.75, 3.05) is 19.6 Å². The summed E-state index contributed by atoms with van der Waals surface area (Å²) in [4.78, 5) is 5.42. The normalized spacial score (nSPS) is 48.3. The molecule has 5 saturated heterocycles. The van der Waals surface area contributed by atoms with Gasteiger partial charge in [0.05, 0.1) is 0 Å². The van der Waals surface area contributed by atoms with Crippen molar-refractivity contribution >= 4 is 0 Å². The van der Waals surface area contributed by atoms with Gasteiger partial charge in [0.15, 0.2) is 0 Å². The molecule has 0 aromatic rings. The Kier molecular flexibility index (Phi) is 2.98. The van der Waals surface area contributed by atoms with Crippen LogP contribution in [0.3, 0.4) is 0 Å². The lowest BCUT2D eigenvalue weighted by Gasteiger charge is -2.63. The Balaban J connectivity index is 1.53. The van der Waals surface area contributed by atoms with Crippen LogP contribution in [0.15, 0.2) is 0 Å². The van der Waals surface area contributed by atoms with Crippen LogP contribution in [0.25, 0.3) is 0 Å². The van der Waals surface area contributed by atoms with E-state index in [1.165, 1.54) is 32.5 Å². The van der Waals surface area contributed by atoms with Crippen molar-refractivity contribution in [2.45, 2.75) is 82.3 Å². The molecule has 4 nitrogen and oxygen atoms in total. The molecule has 5 rings (SSSR count). The molecule has 0 aromatic heterocycles. The van der Waals surface area contributed by atoms with Crippen molar-refractivity contribution < 1.29 is 0 Å². The maximum atomic E-state index is 3.95. The molecule has 20 heavy (non-hydrogen) atoms. The highest BCUT2D eigenvalue weighted by atomic mass is 15.4. The lowest BCUT2D eigenvalue weighted by Crippen LogP contribution is -2.84. The SMILES string of the molecule is CC(C)N1CC2CC(C3NC4CC3N(C(C)C)C4)(C1)N2. The van der Waals surface area contributed by atoms with E-state index >= 15 is 0 Å². The van der Waals surface area contributed by atoms with Gasteiger partial charge in [-0.25, -0.2) is 0 Å². The molecule has 5 unspecified atom stereocenters. The largest absolute Gasteiger partial charge is 0.307 e. The van der Waals surface area contributed by atoms with Crippen LogP contribution in [0.2, 0.25) is 0 Å². The first kappa shape index (κ1) is 13.5. The second-order valence-corrected chi connectivity index (χ2v) is 8.16. The van der Waals surface area contributed by atoms with Gasteiger partial charge in [-0.3, -0.25) is 9.80 Å². The van der Waals surface area contributed by atoms with Gasteiger partial charge < -0.3 is 10.6 Å². The van der Waals surface area contributed by atoms with E-state index in [9.17, 15) is 0 Å². The summed E-state index contributed by atoms with van der Waals surface area (Å²) in [6, 6.07) is 4.24. The summed E-state index contributed by atoms with van der Waals surface area (Å²) >= 11 is 0. The molecule has 5 aliphatic rings. The minimum Gasteiger partial charge on any atom is -0.307 e. The lowest BCUT2D eigenvalue weighted by atomic mass is 9.70. The maximum absolute atomic E-state index is 3.95. The third-order valence-electron chi connectivity index (χ3n) is 6.21. The monoisotopic (exact) mass is 278 g/mol. The van der Waals surface area contributed by atoms with E-state index in [2.05, 4.69) is 48.1 Å². The highest BCUT2D eigenvalue weighted by Crippen LogP contribution is 2.43. The Morgan fingerprint density at radius 2 is 1.80 bits per heavy atom. The molecular formula is C16H30N4. The number of hydrogen-bond donors (Lipinski definition) is 2. The summed E-state index contributed by atoms with van der Waals surface area (Å²) in [5.74, 6) is 0. The van der Waals surface area contributed by atoms with E-state index in [0.29, 0.717) is 23.7 Å². The molecule has 0 amide bonds. The van der Waals surface area contributed by atoms with Crippen LogP contribution >= 0.6 is 0 Å². The number of piperidine rings is 1. The van der Waals surface area contributed by atoms with E-state index in [1.807, 2.05) is 0 Å². The van der Waals surface area contributed by atoms with Gasteiger partial charge in [0, 0.05) is 61.4 Å². The molecule has 4 bridgehead atoms. The zero-order valence-electron chi connectivity index (χ0n) is 13.4.